The van der Waals surface area contributed by atoms with Gasteiger partial charge in [-0.05, 0) is 31.7 Å². The largest absolute Gasteiger partial charge is 0.465 e. The molecule has 1 aliphatic heterocycles. The Morgan fingerprint density at radius 3 is 2.83 bits per heavy atom. The van der Waals surface area contributed by atoms with Crippen molar-refractivity contribution in [1.82, 2.24) is 5.32 Å². The molecule has 1 heterocycles. The molecule has 1 fully saturated rings. The first-order chi connectivity index (χ1) is 8.42. The summed E-state index contributed by atoms with van der Waals surface area (Å²) in [7, 11) is -4.00. The number of rotatable bonds is 6. The highest BCUT2D eigenvalue weighted by Gasteiger charge is 2.31. The zero-order valence-corrected chi connectivity index (χ0v) is 11.6. The van der Waals surface area contributed by atoms with Gasteiger partial charge < -0.3 is 19.8 Å². The smallest absolute Gasteiger partial charge is 0.325 e. The molecule has 18 heavy (non-hydrogen) atoms. The van der Waals surface area contributed by atoms with Crippen LogP contribution in [-0.4, -0.2) is 41.1 Å². The molecule has 0 aliphatic carbocycles. The van der Waals surface area contributed by atoms with Crippen LogP contribution in [0.15, 0.2) is 0 Å². The van der Waals surface area contributed by atoms with Crippen molar-refractivity contribution in [3.63, 3.8) is 0 Å². The van der Waals surface area contributed by atoms with Crippen molar-refractivity contribution in [3.05, 3.63) is 0 Å². The van der Waals surface area contributed by atoms with E-state index in [1.165, 1.54) is 0 Å². The lowest BCUT2D eigenvalue weighted by atomic mass is 9.94. The molecule has 1 saturated heterocycles. The number of piperidine rings is 1. The van der Waals surface area contributed by atoms with Gasteiger partial charge in [0.1, 0.15) is 6.04 Å². The second-order valence-electron chi connectivity index (χ2n) is 4.77. The highest BCUT2D eigenvalue weighted by molar-refractivity contribution is 7.51. The van der Waals surface area contributed by atoms with E-state index in [0.29, 0.717) is 26.0 Å². The van der Waals surface area contributed by atoms with E-state index in [0.717, 1.165) is 12.8 Å². The Bertz CT molecular complexity index is 317. The summed E-state index contributed by atoms with van der Waals surface area (Å²) in [5.41, 5.74) is 0. The maximum atomic E-state index is 11.7. The highest BCUT2D eigenvalue weighted by Crippen LogP contribution is 2.39. The van der Waals surface area contributed by atoms with E-state index in [1.807, 2.05) is 6.92 Å². The van der Waals surface area contributed by atoms with Gasteiger partial charge in [0.25, 0.3) is 0 Å². The Balaban J connectivity index is 2.38. The molecule has 3 N–H and O–H groups in total. The van der Waals surface area contributed by atoms with Crippen LogP contribution >= 0.6 is 7.60 Å². The van der Waals surface area contributed by atoms with E-state index >= 15 is 0 Å². The highest BCUT2D eigenvalue weighted by atomic mass is 31.2. The van der Waals surface area contributed by atoms with Crippen LogP contribution in [0.25, 0.3) is 0 Å². The fourth-order valence-corrected chi connectivity index (χ4v) is 3.10. The monoisotopic (exact) mass is 279 g/mol. The maximum Gasteiger partial charge on any atom is 0.325 e. The van der Waals surface area contributed by atoms with Gasteiger partial charge in [0.15, 0.2) is 0 Å². The molecule has 0 aromatic rings. The summed E-state index contributed by atoms with van der Waals surface area (Å²) in [6, 6.07) is -0.424. The first-order valence-corrected chi connectivity index (χ1v) is 8.16. The van der Waals surface area contributed by atoms with Crippen molar-refractivity contribution in [2.45, 2.75) is 38.6 Å². The predicted octanol–water partition coefficient (Wildman–Crippen LogP) is 0.876. The van der Waals surface area contributed by atoms with Crippen LogP contribution in [0.5, 0.6) is 0 Å². The number of hydrogen-bond donors (Lipinski definition) is 3. The lowest BCUT2D eigenvalue weighted by Crippen LogP contribution is -2.45. The molecule has 0 amide bonds. The molecule has 0 aromatic carbocycles. The normalized spacial score (nSPS) is 24.8. The molecule has 0 spiro atoms. The van der Waals surface area contributed by atoms with E-state index in [-0.39, 0.29) is 18.0 Å². The molecule has 106 valence electrons. The number of esters is 1. The molecule has 0 unspecified atom stereocenters. The van der Waals surface area contributed by atoms with Gasteiger partial charge in [-0.25, -0.2) is 0 Å². The van der Waals surface area contributed by atoms with Gasteiger partial charge in [-0.1, -0.05) is 13.3 Å². The summed E-state index contributed by atoms with van der Waals surface area (Å²) < 4.78 is 16.0. The molecule has 1 rings (SSSR count). The molecular formula is C11H22NO5P. The van der Waals surface area contributed by atoms with Crippen molar-refractivity contribution in [3.8, 4) is 0 Å². The zero-order valence-electron chi connectivity index (χ0n) is 10.7. The maximum absolute atomic E-state index is 11.7. The van der Waals surface area contributed by atoms with Crippen LogP contribution in [0, 0.1) is 5.92 Å². The van der Waals surface area contributed by atoms with Gasteiger partial charge in [0.2, 0.25) is 0 Å². The number of carbonyl (C=O) groups is 1. The Kier molecular flexibility index (Phi) is 6.29. The number of hydrogen-bond acceptors (Lipinski definition) is 4. The molecule has 0 bridgehead atoms. The summed E-state index contributed by atoms with van der Waals surface area (Å²) in [6.07, 6.45) is 2.78. The third-order valence-corrected chi connectivity index (χ3v) is 4.03. The summed E-state index contributed by atoms with van der Waals surface area (Å²) in [6.45, 7) is 3.03. The fourth-order valence-electron chi connectivity index (χ4n) is 2.10. The standard InChI is InChI=1S/C11H22NO5P/c1-2-3-6-17-11(13)10-7-9(4-5-12-10)8-18(14,15)16/h9-10,12H,2-8H2,1H3,(H2,14,15,16)/t9-,10+/m1/s1. The van der Waals surface area contributed by atoms with Crippen molar-refractivity contribution in [2.75, 3.05) is 19.3 Å². The van der Waals surface area contributed by atoms with Crippen LogP contribution in [0.1, 0.15) is 32.6 Å². The summed E-state index contributed by atoms with van der Waals surface area (Å²) >= 11 is 0. The molecule has 7 heteroatoms. The Morgan fingerprint density at radius 1 is 1.50 bits per heavy atom. The van der Waals surface area contributed by atoms with Gasteiger partial charge in [0, 0.05) is 0 Å². The number of nitrogens with one attached hydrogen (secondary N) is 1. The summed E-state index contributed by atoms with van der Waals surface area (Å²) in [4.78, 5) is 29.6. The lowest BCUT2D eigenvalue weighted by molar-refractivity contribution is -0.147. The van der Waals surface area contributed by atoms with Crippen LogP contribution in [-0.2, 0) is 14.1 Å². The average molecular weight is 279 g/mol. The van der Waals surface area contributed by atoms with Crippen molar-refractivity contribution in [2.24, 2.45) is 5.92 Å². The number of carbonyl (C=O) groups excluding carboxylic acids is 1. The topological polar surface area (TPSA) is 95.9 Å². The third-order valence-electron chi connectivity index (χ3n) is 3.04. The zero-order chi connectivity index (χ0) is 13.6. The van der Waals surface area contributed by atoms with Crippen molar-refractivity contribution < 1.29 is 23.9 Å². The van der Waals surface area contributed by atoms with Crippen molar-refractivity contribution in [1.29, 1.82) is 0 Å². The van der Waals surface area contributed by atoms with E-state index in [1.54, 1.807) is 0 Å². The van der Waals surface area contributed by atoms with Gasteiger partial charge in [-0.2, -0.15) is 0 Å². The summed E-state index contributed by atoms with van der Waals surface area (Å²) in [5.74, 6) is -0.422. The molecule has 0 radical (unpaired) electrons. The Hall–Kier alpha value is -0.420. The first-order valence-electron chi connectivity index (χ1n) is 6.37. The molecule has 6 nitrogen and oxygen atoms in total. The fraction of sp³-hybridized carbons (Fsp3) is 0.909. The molecule has 0 saturated carbocycles. The van der Waals surface area contributed by atoms with Gasteiger partial charge in [-0.3, -0.25) is 9.36 Å². The SMILES string of the molecule is CCCCOC(=O)[C@@H]1C[C@H](CP(=O)(O)O)CCN1. The quantitative estimate of drug-likeness (QED) is 0.379. The van der Waals surface area contributed by atoms with Crippen LogP contribution in [0.3, 0.4) is 0 Å². The van der Waals surface area contributed by atoms with Gasteiger partial charge in [-0.15, -0.1) is 0 Å². The lowest BCUT2D eigenvalue weighted by Gasteiger charge is -2.29. The van der Waals surface area contributed by atoms with E-state index in [2.05, 4.69) is 5.32 Å². The van der Waals surface area contributed by atoms with E-state index < -0.39 is 13.6 Å². The minimum Gasteiger partial charge on any atom is -0.465 e. The van der Waals surface area contributed by atoms with Crippen LogP contribution < -0.4 is 5.32 Å². The second-order valence-corrected chi connectivity index (χ2v) is 6.46. The van der Waals surface area contributed by atoms with E-state index in [9.17, 15) is 9.36 Å². The van der Waals surface area contributed by atoms with Gasteiger partial charge in [0.05, 0.1) is 12.8 Å². The predicted molar refractivity (Wildman–Crippen MR) is 67.3 cm³/mol. The molecule has 1 aliphatic rings. The summed E-state index contributed by atoms with van der Waals surface area (Å²) in [5, 5.41) is 3.03. The van der Waals surface area contributed by atoms with Crippen molar-refractivity contribution >= 4 is 13.6 Å². The number of ether oxygens (including phenoxy) is 1. The minimum absolute atomic E-state index is 0.115. The average Bonchev–Trinajstić information content (AvgIpc) is 2.27. The minimum atomic E-state index is -4.00. The number of unbranched alkanes of at least 4 members (excludes halogenated alkanes) is 1. The molecular weight excluding hydrogens is 257 g/mol. The third kappa shape index (κ3) is 5.96. The van der Waals surface area contributed by atoms with Crippen LogP contribution in [0.2, 0.25) is 0 Å². The van der Waals surface area contributed by atoms with Crippen LogP contribution in [0.4, 0.5) is 0 Å². The Labute approximate surface area is 107 Å². The first kappa shape index (κ1) is 15.6. The molecule has 0 aromatic heterocycles. The molecule has 2 atom stereocenters. The van der Waals surface area contributed by atoms with Gasteiger partial charge >= 0.3 is 13.6 Å². The van der Waals surface area contributed by atoms with E-state index in [4.69, 9.17) is 14.5 Å². The Morgan fingerprint density at radius 2 is 2.22 bits per heavy atom. The second kappa shape index (κ2) is 7.24.